The average molecular weight is 368 g/mol. The third kappa shape index (κ3) is 2.77. The van der Waals surface area contributed by atoms with E-state index in [-0.39, 0.29) is 12.0 Å². The Morgan fingerprint density at radius 3 is 3.00 bits per heavy atom. The first kappa shape index (κ1) is 15.8. The van der Waals surface area contributed by atoms with Gasteiger partial charge in [-0.1, -0.05) is 29.5 Å². The van der Waals surface area contributed by atoms with E-state index in [0.29, 0.717) is 24.8 Å². The van der Waals surface area contributed by atoms with Crippen LogP contribution in [0.25, 0.3) is 10.9 Å². The van der Waals surface area contributed by atoms with Gasteiger partial charge in [-0.2, -0.15) is 0 Å². The Labute approximate surface area is 154 Å². The van der Waals surface area contributed by atoms with Crippen LogP contribution in [0.2, 0.25) is 0 Å². The molecule has 26 heavy (non-hydrogen) atoms. The first-order chi connectivity index (χ1) is 12.7. The largest absolute Gasteiger partial charge is 0.393 e. The normalized spacial score (nSPS) is 22.1. The molecule has 5 rings (SSSR count). The number of aromatic nitrogens is 2. The van der Waals surface area contributed by atoms with Crippen molar-refractivity contribution in [2.75, 3.05) is 11.9 Å². The van der Waals surface area contributed by atoms with Gasteiger partial charge in [0, 0.05) is 34.8 Å². The minimum atomic E-state index is -0.175. The molecule has 0 spiro atoms. The Morgan fingerprint density at radius 2 is 2.19 bits per heavy atom. The van der Waals surface area contributed by atoms with E-state index in [1.54, 1.807) is 11.3 Å². The molecule has 3 N–H and O–H groups in total. The molecule has 0 atom stereocenters. The predicted molar refractivity (Wildman–Crippen MR) is 102 cm³/mol. The van der Waals surface area contributed by atoms with Crippen molar-refractivity contribution in [3.63, 3.8) is 0 Å². The quantitative estimate of drug-likeness (QED) is 0.664. The molecule has 1 aromatic carbocycles. The van der Waals surface area contributed by atoms with E-state index in [2.05, 4.69) is 15.3 Å². The fraction of sp³-hybridized carbons (Fsp3) is 0.368. The summed E-state index contributed by atoms with van der Waals surface area (Å²) in [6.07, 6.45) is 2.18. The van der Waals surface area contributed by atoms with Crippen LogP contribution in [0.1, 0.15) is 33.9 Å². The molecule has 0 saturated heterocycles. The number of amides is 1. The molecule has 2 aromatic heterocycles. The zero-order valence-electron chi connectivity index (χ0n) is 14.2. The summed E-state index contributed by atoms with van der Waals surface area (Å²) in [7, 11) is 0. The summed E-state index contributed by atoms with van der Waals surface area (Å²) in [5.74, 6) is 0.0388. The molecule has 0 bridgehead atoms. The molecule has 7 heteroatoms. The lowest BCUT2D eigenvalue weighted by Crippen LogP contribution is -2.38. The van der Waals surface area contributed by atoms with Gasteiger partial charge in [0.2, 0.25) is 0 Å². The number of rotatable bonds is 3. The third-order valence-corrected chi connectivity index (χ3v) is 6.23. The number of nitrogens with zero attached hydrogens (tertiary/aromatic N) is 2. The molecule has 3 aromatic rings. The van der Waals surface area contributed by atoms with Crippen molar-refractivity contribution in [1.29, 1.82) is 0 Å². The van der Waals surface area contributed by atoms with Crippen molar-refractivity contribution in [3.8, 4) is 0 Å². The Bertz CT molecular complexity index is 940. The van der Waals surface area contributed by atoms with Crippen LogP contribution in [-0.4, -0.2) is 44.6 Å². The number of thiazole rings is 1. The lowest BCUT2D eigenvalue weighted by molar-refractivity contribution is 0.0731. The summed E-state index contributed by atoms with van der Waals surface area (Å²) in [6.45, 7) is 1.29. The molecule has 0 unspecified atom stereocenters. The van der Waals surface area contributed by atoms with Crippen LogP contribution >= 0.6 is 11.3 Å². The van der Waals surface area contributed by atoms with Crippen LogP contribution < -0.4 is 5.32 Å². The summed E-state index contributed by atoms with van der Waals surface area (Å²) < 4.78 is 0. The zero-order chi connectivity index (χ0) is 17.7. The first-order valence-corrected chi connectivity index (χ1v) is 9.77. The van der Waals surface area contributed by atoms with Crippen molar-refractivity contribution < 1.29 is 9.90 Å². The summed E-state index contributed by atoms with van der Waals surface area (Å²) in [4.78, 5) is 23.8. The van der Waals surface area contributed by atoms with E-state index < -0.39 is 0 Å². The first-order valence-electron chi connectivity index (χ1n) is 8.96. The highest BCUT2D eigenvalue weighted by molar-refractivity contribution is 7.15. The van der Waals surface area contributed by atoms with Crippen LogP contribution in [-0.2, 0) is 13.0 Å². The smallest absolute Gasteiger partial charge is 0.270 e. The maximum Gasteiger partial charge on any atom is 0.270 e. The molecule has 2 aliphatic rings. The van der Waals surface area contributed by atoms with E-state index in [4.69, 9.17) is 0 Å². The molecular weight excluding hydrogens is 348 g/mol. The van der Waals surface area contributed by atoms with Crippen molar-refractivity contribution in [2.45, 2.75) is 38.0 Å². The maximum absolute atomic E-state index is 12.9. The number of para-hydroxylation sites is 1. The molecule has 3 heterocycles. The highest BCUT2D eigenvalue weighted by Gasteiger charge is 2.30. The summed E-state index contributed by atoms with van der Waals surface area (Å²) in [5.41, 5.74) is 2.72. The van der Waals surface area contributed by atoms with E-state index in [1.807, 2.05) is 35.2 Å². The lowest BCUT2D eigenvalue weighted by Gasteiger charge is -2.31. The SMILES string of the molecule is O=C(c1cc2ccccc2[nH]1)N1CCc2nc(NC3CC(O)C3)sc2C1. The lowest BCUT2D eigenvalue weighted by atomic mass is 9.90. The maximum atomic E-state index is 12.9. The van der Waals surface area contributed by atoms with Gasteiger partial charge >= 0.3 is 0 Å². The number of hydrogen-bond donors (Lipinski definition) is 3. The van der Waals surface area contributed by atoms with Crippen molar-refractivity contribution >= 4 is 33.3 Å². The number of benzene rings is 1. The van der Waals surface area contributed by atoms with Crippen molar-refractivity contribution in [3.05, 3.63) is 46.6 Å². The molecule has 1 amide bonds. The molecule has 1 saturated carbocycles. The van der Waals surface area contributed by atoms with Crippen molar-refractivity contribution in [2.24, 2.45) is 0 Å². The summed E-state index contributed by atoms with van der Waals surface area (Å²) >= 11 is 1.63. The number of aliphatic hydroxyl groups excluding tert-OH is 1. The van der Waals surface area contributed by atoms with Crippen LogP contribution in [0, 0.1) is 0 Å². The minimum absolute atomic E-state index is 0.0388. The number of aliphatic hydroxyl groups is 1. The standard InChI is InChI=1S/C19H20N4O2S/c24-13-8-12(9-13)20-19-22-15-5-6-23(10-17(15)26-19)18(25)16-7-11-3-1-2-4-14(11)21-16/h1-4,7,12-13,21,24H,5-6,8-10H2,(H,20,22). The van der Waals surface area contributed by atoms with Crippen LogP contribution in [0.15, 0.2) is 30.3 Å². The van der Waals surface area contributed by atoms with Gasteiger partial charge in [-0.15, -0.1) is 0 Å². The van der Waals surface area contributed by atoms with Gasteiger partial charge in [0.25, 0.3) is 5.91 Å². The van der Waals surface area contributed by atoms with E-state index in [1.165, 1.54) is 0 Å². The Hall–Kier alpha value is -2.38. The minimum Gasteiger partial charge on any atom is -0.393 e. The Kier molecular flexibility index (Phi) is 3.72. The Morgan fingerprint density at radius 1 is 1.35 bits per heavy atom. The number of carbonyl (C=O) groups is 1. The molecule has 134 valence electrons. The van der Waals surface area contributed by atoms with Gasteiger partial charge in [0.15, 0.2) is 5.13 Å². The molecule has 1 aliphatic carbocycles. The summed E-state index contributed by atoms with van der Waals surface area (Å²) in [6, 6.07) is 10.2. The second-order valence-electron chi connectivity index (χ2n) is 7.10. The number of fused-ring (bicyclic) bond motifs is 2. The number of carbonyl (C=O) groups excluding carboxylic acids is 1. The van der Waals surface area contributed by atoms with E-state index >= 15 is 0 Å². The number of anilines is 1. The highest BCUT2D eigenvalue weighted by Crippen LogP contribution is 2.32. The Balaban J connectivity index is 1.31. The van der Waals surface area contributed by atoms with E-state index in [0.717, 1.165) is 45.9 Å². The van der Waals surface area contributed by atoms with Crippen LogP contribution in [0.4, 0.5) is 5.13 Å². The molecule has 1 aliphatic heterocycles. The van der Waals surface area contributed by atoms with Gasteiger partial charge in [0.1, 0.15) is 5.69 Å². The van der Waals surface area contributed by atoms with Crippen LogP contribution in [0.3, 0.4) is 0 Å². The zero-order valence-corrected chi connectivity index (χ0v) is 15.1. The predicted octanol–water partition coefficient (Wildman–Crippen LogP) is 2.76. The van der Waals surface area contributed by atoms with Gasteiger partial charge in [-0.05, 0) is 25.0 Å². The average Bonchev–Trinajstić information content (AvgIpc) is 3.22. The highest BCUT2D eigenvalue weighted by atomic mass is 32.1. The third-order valence-electron chi connectivity index (χ3n) is 5.22. The molecule has 0 radical (unpaired) electrons. The number of aromatic amines is 1. The molecule has 1 fully saturated rings. The van der Waals surface area contributed by atoms with Crippen LogP contribution in [0.5, 0.6) is 0 Å². The van der Waals surface area contributed by atoms with Gasteiger partial charge in [-0.3, -0.25) is 4.79 Å². The number of hydrogen-bond acceptors (Lipinski definition) is 5. The van der Waals surface area contributed by atoms with Gasteiger partial charge in [0.05, 0.1) is 18.3 Å². The monoisotopic (exact) mass is 368 g/mol. The second kappa shape index (κ2) is 6.10. The van der Waals surface area contributed by atoms with Gasteiger partial charge in [-0.25, -0.2) is 4.98 Å². The number of H-pyrrole nitrogens is 1. The number of nitrogens with one attached hydrogen (secondary N) is 2. The topological polar surface area (TPSA) is 81.2 Å². The van der Waals surface area contributed by atoms with Crippen molar-refractivity contribution in [1.82, 2.24) is 14.9 Å². The van der Waals surface area contributed by atoms with E-state index in [9.17, 15) is 9.90 Å². The second-order valence-corrected chi connectivity index (χ2v) is 8.19. The fourth-order valence-corrected chi connectivity index (χ4v) is 4.77. The summed E-state index contributed by atoms with van der Waals surface area (Å²) in [5, 5.41) is 14.8. The molecule has 6 nitrogen and oxygen atoms in total. The fourth-order valence-electron chi connectivity index (χ4n) is 3.67. The molecular formula is C19H20N4O2S. The van der Waals surface area contributed by atoms with Gasteiger partial charge < -0.3 is 20.3 Å².